The van der Waals surface area contributed by atoms with Crippen LogP contribution in [0.25, 0.3) is 11.6 Å². The quantitative estimate of drug-likeness (QED) is 0.361. The van der Waals surface area contributed by atoms with Gasteiger partial charge in [-0.3, -0.25) is 19.8 Å². The maximum absolute atomic E-state index is 13.5. The van der Waals surface area contributed by atoms with Crippen molar-refractivity contribution in [3.8, 4) is 0 Å². The lowest BCUT2D eigenvalue weighted by Crippen LogP contribution is -2.54. The molecule has 0 unspecified atom stereocenters. The van der Waals surface area contributed by atoms with Gasteiger partial charge in [-0.2, -0.15) is 0 Å². The highest BCUT2D eigenvalue weighted by atomic mass is 32.1. The molecule has 0 bridgehead atoms. The Morgan fingerprint density at radius 3 is 2.32 bits per heavy atom. The SMILES string of the molecule is CC1=CC(C)(C)N(C(C)C)c2cc(C)c(/C=C3\C(=O)NC(=S)N(c4ccccc4C)C3=O)cc21. The minimum atomic E-state index is -0.478. The molecule has 0 aliphatic carbocycles. The van der Waals surface area contributed by atoms with E-state index >= 15 is 0 Å². The van der Waals surface area contributed by atoms with Gasteiger partial charge in [0.1, 0.15) is 5.57 Å². The zero-order chi connectivity index (χ0) is 24.9. The molecular formula is C28H31N3O2S. The fourth-order valence-corrected chi connectivity index (χ4v) is 5.43. The molecule has 6 heteroatoms. The normalized spacial score (nSPS) is 18.9. The molecule has 2 amide bonds. The largest absolute Gasteiger partial charge is 0.360 e. The van der Waals surface area contributed by atoms with E-state index in [1.165, 1.54) is 16.2 Å². The number of aryl methyl sites for hydroxylation is 2. The lowest BCUT2D eigenvalue weighted by Gasteiger charge is -2.46. The van der Waals surface area contributed by atoms with Crippen LogP contribution in [0.2, 0.25) is 0 Å². The van der Waals surface area contributed by atoms with Gasteiger partial charge in [-0.25, -0.2) is 0 Å². The van der Waals surface area contributed by atoms with Gasteiger partial charge in [0.05, 0.1) is 11.2 Å². The van der Waals surface area contributed by atoms with E-state index in [4.69, 9.17) is 12.2 Å². The van der Waals surface area contributed by atoms with E-state index in [-0.39, 0.29) is 16.2 Å². The van der Waals surface area contributed by atoms with E-state index < -0.39 is 11.8 Å². The number of carbonyl (C=O) groups is 2. The number of carbonyl (C=O) groups excluding carboxylic acids is 2. The van der Waals surface area contributed by atoms with E-state index in [2.05, 4.69) is 63.0 Å². The van der Waals surface area contributed by atoms with Crippen molar-refractivity contribution in [2.45, 2.75) is 60.0 Å². The molecule has 0 radical (unpaired) electrons. The van der Waals surface area contributed by atoms with Gasteiger partial charge in [0.25, 0.3) is 11.8 Å². The molecule has 1 fully saturated rings. The van der Waals surface area contributed by atoms with Gasteiger partial charge in [-0.15, -0.1) is 0 Å². The second-order valence-electron chi connectivity index (χ2n) is 9.92. The maximum Gasteiger partial charge on any atom is 0.270 e. The first-order chi connectivity index (χ1) is 15.9. The van der Waals surface area contributed by atoms with Gasteiger partial charge in [0, 0.05) is 17.3 Å². The minimum absolute atomic E-state index is 0.0680. The monoisotopic (exact) mass is 473 g/mol. The van der Waals surface area contributed by atoms with Crippen LogP contribution in [0.15, 0.2) is 48.0 Å². The molecule has 5 nitrogen and oxygen atoms in total. The second-order valence-corrected chi connectivity index (χ2v) is 10.3. The Kier molecular flexibility index (Phi) is 5.98. The smallest absolute Gasteiger partial charge is 0.270 e. The summed E-state index contributed by atoms with van der Waals surface area (Å²) in [5, 5.41) is 2.78. The number of amides is 2. The van der Waals surface area contributed by atoms with E-state index in [0.29, 0.717) is 11.7 Å². The minimum Gasteiger partial charge on any atom is -0.360 e. The number of allylic oxidation sites excluding steroid dienone is 1. The molecule has 1 N–H and O–H groups in total. The molecule has 34 heavy (non-hydrogen) atoms. The number of benzene rings is 2. The third-order valence-electron chi connectivity index (χ3n) is 6.53. The molecular weight excluding hydrogens is 442 g/mol. The number of fused-ring (bicyclic) bond motifs is 1. The Bertz CT molecular complexity index is 1290. The van der Waals surface area contributed by atoms with Crippen LogP contribution in [0, 0.1) is 13.8 Å². The van der Waals surface area contributed by atoms with Crippen LogP contribution in [0.4, 0.5) is 11.4 Å². The summed E-state index contributed by atoms with van der Waals surface area (Å²) in [5.41, 5.74) is 6.82. The molecule has 0 spiro atoms. The van der Waals surface area contributed by atoms with Crippen LogP contribution < -0.4 is 15.1 Å². The average Bonchev–Trinajstić information content (AvgIpc) is 2.72. The Hall–Kier alpha value is -3.25. The van der Waals surface area contributed by atoms with Crippen molar-refractivity contribution in [1.82, 2.24) is 5.32 Å². The van der Waals surface area contributed by atoms with Crippen LogP contribution in [-0.2, 0) is 9.59 Å². The average molecular weight is 474 g/mol. The van der Waals surface area contributed by atoms with Crippen molar-refractivity contribution in [2.24, 2.45) is 0 Å². The molecule has 4 rings (SSSR count). The molecule has 1 saturated heterocycles. The third kappa shape index (κ3) is 3.96. The van der Waals surface area contributed by atoms with E-state index in [0.717, 1.165) is 22.3 Å². The van der Waals surface area contributed by atoms with Gasteiger partial charge in [0.2, 0.25) is 0 Å². The standard InChI is InChI=1S/C28H31N3O2S/c1-16(2)31-24-12-18(4)20(13-21(24)19(5)15-28(31,6)7)14-22-25(32)29-27(34)30(26(22)33)23-11-9-8-10-17(23)3/h8-16H,1-7H3,(H,29,32,34)/b22-14+. The van der Waals surface area contributed by atoms with Gasteiger partial charge in [-0.05, 0) is 107 Å². The van der Waals surface area contributed by atoms with Crippen LogP contribution >= 0.6 is 12.2 Å². The van der Waals surface area contributed by atoms with Crippen LogP contribution in [0.3, 0.4) is 0 Å². The number of hydrogen-bond acceptors (Lipinski definition) is 4. The van der Waals surface area contributed by atoms with Crippen molar-refractivity contribution in [1.29, 1.82) is 0 Å². The zero-order valence-corrected chi connectivity index (χ0v) is 21.6. The molecule has 176 valence electrons. The predicted molar refractivity (Wildman–Crippen MR) is 144 cm³/mol. The fraction of sp³-hybridized carbons (Fsp3) is 0.321. The van der Waals surface area contributed by atoms with Crippen molar-refractivity contribution in [3.05, 3.63) is 70.3 Å². The van der Waals surface area contributed by atoms with E-state index in [1.54, 1.807) is 6.08 Å². The number of nitrogens with zero attached hydrogens (tertiary/aromatic N) is 2. The summed E-state index contributed by atoms with van der Waals surface area (Å²) in [6.45, 7) is 14.9. The van der Waals surface area contributed by atoms with Gasteiger partial charge < -0.3 is 4.90 Å². The van der Waals surface area contributed by atoms with E-state index in [1.807, 2.05) is 38.1 Å². The Labute approximate surface area is 207 Å². The highest BCUT2D eigenvalue weighted by molar-refractivity contribution is 7.80. The number of rotatable bonds is 3. The second kappa shape index (κ2) is 8.51. The number of thiocarbonyl (C=S) groups is 1. The van der Waals surface area contributed by atoms with Crippen LogP contribution in [0.1, 0.15) is 56.9 Å². The first-order valence-electron chi connectivity index (χ1n) is 11.5. The molecule has 0 atom stereocenters. The lowest BCUT2D eigenvalue weighted by atomic mass is 9.85. The van der Waals surface area contributed by atoms with Crippen molar-refractivity contribution < 1.29 is 9.59 Å². The molecule has 2 aliphatic heterocycles. The molecule has 2 aliphatic rings. The Morgan fingerprint density at radius 1 is 1.00 bits per heavy atom. The Morgan fingerprint density at radius 2 is 1.68 bits per heavy atom. The first-order valence-corrected chi connectivity index (χ1v) is 11.9. The summed E-state index contributed by atoms with van der Waals surface area (Å²) in [6, 6.07) is 12.1. The van der Waals surface area contributed by atoms with E-state index in [9.17, 15) is 9.59 Å². The summed E-state index contributed by atoms with van der Waals surface area (Å²) in [7, 11) is 0. The predicted octanol–water partition coefficient (Wildman–Crippen LogP) is 5.55. The molecule has 0 aromatic heterocycles. The van der Waals surface area contributed by atoms with Crippen molar-refractivity contribution in [2.75, 3.05) is 9.80 Å². The molecule has 2 aromatic carbocycles. The van der Waals surface area contributed by atoms with Crippen LogP contribution in [0.5, 0.6) is 0 Å². The summed E-state index contributed by atoms with van der Waals surface area (Å²) in [5.74, 6) is -0.897. The molecule has 2 heterocycles. The van der Waals surface area contributed by atoms with Gasteiger partial charge in [-0.1, -0.05) is 24.3 Å². The number of para-hydroxylation sites is 1. The Balaban J connectivity index is 1.82. The van der Waals surface area contributed by atoms with Gasteiger partial charge in [0.15, 0.2) is 5.11 Å². The summed E-state index contributed by atoms with van der Waals surface area (Å²) in [4.78, 5) is 30.1. The number of nitrogens with one attached hydrogen (secondary N) is 1. The highest BCUT2D eigenvalue weighted by Crippen LogP contribution is 2.42. The third-order valence-corrected chi connectivity index (χ3v) is 6.82. The van der Waals surface area contributed by atoms with Crippen molar-refractivity contribution in [3.63, 3.8) is 0 Å². The number of hydrogen-bond donors (Lipinski definition) is 1. The fourth-order valence-electron chi connectivity index (χ4n) is 5.16. The van der Waals surface area contributed by atoms with Crippen LogP contribution in [-0.4, -0.2) is 28.5 Å². The topological polar surface area (TPSA) is 52.7 Å². The maximum atomic E-state index is 13.5. The molecule has 2 aromatic rings. The first kappa shape index (κ1) is 23.9. The summed E-state index contributed by atoms with van der Waals surface area (Å²) >= 11 is 5.35. The number of anilines is 2. The lowest BCUT2D eigenvalue weighted by molar-refractivity contribution is -0.122. The summed E-state index contributed by atoms with van der Waals surface area (Å²) in [6.07, 6.45) is 3.96. The molecule has 0 saturated carbocycles. The van der Waals surface area contributed by atoms with Gasteiger partial charge >= 0.3 is 0 Å². The highest BCUT2D eigenvalue weighted by Gasteiger charge is 2.36. The van der Waals surface area contributed by atoms with Crippen molar-refractivity contribution >= 4 is 52.2 Å². The zero-order valence-electron chi connectivity index (χ0n) is 20.8. The summed E-state index contributed by atoms with van der Waals surface area (Å²) < 4.78 is 0.